The molecule has 0 spiro atoms. The molecule has 2 aromatic rings. The molecule has 0 aliphatic heterocycles. The first-order chi connectivity index (χ1) is 6.79. The maximum atomic E-state index is 5.84. The van der Waals surface area contributed by atoms with E-state index in [-0.39, 0.29) is 6.04 Å². The van der Waals surface area contributed by atoms with Gasteiger partial charge in [-0.15, -0.1) is 0 Å². The number of nitrogens with one attached hydrogen (secondary N) is 1. The van der Waals surface area contributed by atoms with Gasteiger partial charge in [-0.1, -0.05) is 30.3 Å². The van der Waals surface area contributed by atoms with E-state index in [1.54, 1.807) is 6.20 Å². The first-order valence-electron chi connectivity index (χ1n) is 4.63. The summed E-state index contributed by atoms with van der Waals surface area (Å²) in [6, 6.07) is 10.1. The van der Waals surface area contributed by atoms with Crippen LogP contribution in [-0.4, -0.2) is 10.2 Å². The predicted octanol–water partition coefficient (Wildman–Crippen LogP) is 2.10. The molecule has 0 amide bonds. The number of aromatic amines is 1. The lowest BCUT2D eigenvalue weighted by Crippen LogP contribution is -2.04. The molecule has 0 saturated heterocycles. The molecule has 3 heteroatoms. The van der Waals surface area contributed by atoms with E-state index in [1.165, 1.54) is 0 Å². The van der Waals surface area contributed by atoms with Crippen molar-refractivity contribution in [1.82, 2.24) is 10.2 Å². The minimum atomic E-state index is 0.00366. The van der Waals surface area contributed by atoms with Crippen molar-refractivity contribution in [3.63, 3.8) is 0 Å². The zero-order valence-corrected chi connectivity index (χ0v) is 8.07. The van der Waals surface area contributed by atoms with Gasteiger partial charge in [-0.2, -0.15) is 5.10 Å². The Morgan fingerprint density at radius 2 is 2.00 bits per heavy atom. The number of nitrogens with zero attached hydrogens (tertiary/aromatic N) is 1. The van der Waals surface area contributed by atoms with Crippen molar-refractivity contribution in [3.05, 3.63) is 42.1 Å². The molecule has 3 N–H and O–H groups in total. The predicted molar refractivity (Wildman–Crippen MR) is 56.6 cm³/mol. The van der Waals surface area contributed by atoms with Gasteiger partial charge in [-0.25, -0.2) is 0 Å². The fourth-order valence-corrected chi connectivity index (χ4v) is 1.48. The zero-order valence-electron chi connectivity index (χ0n) is 8.07. The Morgan fingerprint density at radius 3 is 2.64 bits per heavy atom. The van der Waals surface area contributed by atoms with Crippen LogP contribution in [0.25, 0.3) is 11.3 Å². The lowest BCUT2D eigenvalue weighted by molar-refractivity contribution is 0.821. The molecule has 1 aromatic heterocycles. The van der Waals surface area contributed by atoms with Crippen LogP contribution in [0.3, 0.4) is 0 Å². The maximum absolute atomic E-state index is 5.84. The van der Waals surface area contributed by atoms with Crippen LogP contribution in [-0.2, 0) is 0 Å². The van der Waals surface area contributed by atoms with Gasteiger partial charge in [0.05, 0.1) is 11.9 Å². The molecule has 0 fully saturated rings. The smallest absolute Gasteiger partial charge is 0.0697 e. The average Bonchev–Trinajstić information content (AvgIpc) is 2.67. The molecule has 1 aromatic carbocycles. The summed E-state index contributed by atoms with van der Waals surface area (Å²) >= 11 is 0. The Labute approximate surface area is 83.0 Å². The SMILES string of the molecule is CC(N)c1cn[nH]c1-c1ccccc1. The summed E-state index contributed by atoms with van der Waals surface area (Å²) in [6.45, 7) is 1.96. The number of benzene rings is 1. The van der Waals surface area contributed by atoms with Crippen molar-refractivity contribution < 1.29 is 0 Å². The molecule has 0 saturated carbocycles. The van der Waals surface area contributed by atoms with Crippen molar-refractivity contribution in [2.45, 2.75) is 13.0 Å². The molecule has 1 atom stereocenters. The van der Waals surface area contributed by atoms with Crippen molar-refractivity contribution in [3.8, 4) is 11.3 Å². The molecule has 3 nitrogen and oxygen atoms in total. The summed E-state index contributed by atoms with van der Waals surface area (Å²) < 4.78 is 0. The summed E-state index contributed by atoms with van der Waals surface area (Å²) in [5, 5.41) is 6.99. The van der Waals surface area contributed by atoms with Crippen LogP contribution in [0.15, 0.2) is 36.5 Å². The molecule has 0 bridgehead atoms. The standard InChI is InChI=1S/C11H13N3/c1-8(12)10-7-13-14-11(10)9-5-3-2-4-6-9/h2-8H,12H2,1H3,(H,13,14). The van der Waals surface area contributed by atoms with Gasteiger partial charge in [0, 0.05) is 11.6 Å². The normalized spacial score (nSPS) is 12.7. The van der Waals surface area contributed by atoms with Gasteiger partial charge in [-0.3, -0.25) is 5.10 Å². The molecular weight excluding hydrogens is 174 g/mol. The zero-order chi connectivity index (χ0) is 9.97. The lowest BCUT2D eigenvalue weighted by Gasteiger charge is -2.05. The Hall–Kier alpha value is -1.61. The van der Waals surface area contributed by atoms with Gasteiger partial charge in [0.2, 0.25) is 0 Å². The second kappa shape index (κ2) is 3.64. The van der Waals surface area contributed by atoms with Crippen LogP contribution >= 0.6 is 0 Å². The highest BCUT2D eigenvalue weighted by atomic mass is 15.1. The number of H-pyrrole nitrogens is 1. The Kier molecular flexibility index (Phi) is 2.33. The van der Waals surface area contributed by atoms with E-state index in [0.29, 0.717) is 0 Å². The molecule has 1 unspecified atom stereocenters. The van der Waals surface area contributed by atoms with Crippen LogP contribution in [0.2, 0.25) is 0 Å². The van der Waals surface area contributed by atoms with Gasteiger partial charge in [-0.05, 0) is 12.5 Å². The van der Waals surface area contributed by atoms with Gasteiger partial charge in [0.15, 0.2) is 0 Å². The maximum Gasteiger partial charge on any atom is 0.0697 e. The van der Waals surface area contributed by atoms with E-state index in [1.807, 2.05) is 37.3 Å². The summed E-state index contributed by atoms with van der Waals surface area (Å²) in [5.74, 6) is 0. The fourth-order valence-electron chi connectivity index (χ4n) is 1.48. The lowest BCUT2D eigenvalue weighted by atomic mass is 10.0. The number of nitrogens with two attached hydrogens (primary N) is 1. The van der Waals surface area contributed by atoms with Crippen LogP contribution in [0.4, 0.5) is 0 Å². The molecule has 0 radical (unpaired) electrons. The van der Waals surface area contributed by atoms with Gasteiger partial charge >= 0.3 is 0 Å². The Bertz CT molecular complexity index is 403. The third kappa shape index (κ3) is 1.54. The number of rotatable bonds is 2. The quantitative estimate of drug-likeness (QED) is 0.756. The second-order valence-corrected chi connectivity index (χ2v) is 3.36. The minimum Gasteiger partial charge on any atom is -0.324 e. The minimum absolute atomic E-state index is 0.00366. The van der Waals surface area contributed by atoms with Crippen molar-refractivity contribution >= 4 is 0 Å². The van der Waals surface area contributed by atoms with E-state index in [9.17, 15) is 0 Å². The number of aromatic nitrogens is 2. The third-order valence-electron chi connectivity index (χ3n) is 2.22. The van der Waals surface area contributed by atoms with Gasteiger partial charge in [0.1, 0.15) is 0 Å². The number of hydrogen-bond acceptors (Lipinski definition) is 2. The van der Waals surface area contributed by atoms with E-state index in [4.69, 9.17) is 5.73 Å². The summed E-state index contributed by atoms with van der Waals surface area (Å²) in [4.78, 5) is 0. The highest BCUT2D eigenvalue weighted by Crippen LogP contribution is 2.23. The summed E-state index contributed by atoms with van der Waals surface area (Å²) in [6.07, 6.45) is 1.78. The average molecular weight is 187 g/mol. The second-order valence-electron chi connectivity index (χ2n) is 3.36. The van der Waals surface area contributed by atoms with E-state index in [0.717, 1.165) is 16.8 Å². The Balaban J connectivity index is 2.47. The van der Waals surface area contributed by atoms with Crippen molar-refractivity contribution in [1.29, 1.82) is 0 Å². The largest absolute Gasteiger partial charge is 0.324 e. The van der Waals surface area contributed by atoms with Crippen LogP contribution in [0, 0.1) is 0 Å². The van der Waals surface area contributed by atoms with Crippen molar-refractivity contribution in [2.24, 2.45) is 5.73 Å². The van der Waals surface area contributed by atoms with Crippen LogP contribution < -0.4 is 5.73 Å². The van der Waals surface area contributed by atoms with E-state index in [2.05, 4.69) is 10.2 Å². The topological polar surface area (TPSA) is 54.7 Å². The Morgan fingerprint density at radius 1 is 1.29 bits per heavy atom. The van der Waals surface area contributed by atoms with Gasteiger partial charge in [0.25, 0.3) is 0 Å². The van der Waals surface area contributed by atoms with E-state index >= 15 is 0 Å². The summed E-state index contributed by atoms with van der Waals surface area (Å²) in [7, 11) is 0. The first-order valence-corrected chi connectivity index (χ1v) is 4.63. The molecule has 72 valence electrons. The first kappa shape index (κ1) is 8.97. The monoisotopic (exact) mass is 187 g/mol. The highest BCUT2D eigenvalue weighted by Gasteiger charge is 2.09. The molecule has 14 heavy (non-hydrogen) atoms. The summed E-state index contributed by atoms with van der Waals surface area (Å²) in [5.41, 5.74) is 9.03. The third-order valence-corrected chi connectivity index (χ3v) is 2.22. The molecule has 0 aliphatic rings. The van der Waals surface area contributed by atoms with Crippen LogP contribution in [0.5, 0.6) is 0 Å². The highest BCUT2D eigenvalue weighted by molar-refractivity contribution is 5.62. The fraction of sp³-hybridized carbons (Fsp3) is 0.182. The van der Waals surface area contributed by atoms with Crippen LogP contribution in [0.1, 0.15) is 18.5 Å². The molecular formula is C11H13N3. The van der Waals surface area contributed by atoms with Crippen molar-refractivity contribution in [2.75, 3.05) is 0 Å². The number of hydrogen-bond donors (Lipinski definition) is 2. The molecule has 0 aliphatic carbocycles. The molecule has 2 rings (SSSR count). The molecule has 1 heterocycles. The van der Waals surface area contributed by atoms with Gasteiger partial charge < -0.3 is 5.73 Å². The van der Waals surface area contributed by atoms with E-state index < -0.39 is 0 Å².